The van der Waals surface area contributed by atoms with Crippen LogP contribution in [0.25, 0.3) is 56.2 Å². The van der Waals surface area contributed by atoms with Gasteiger partial charge in [-0.1, -0.05) is 97.1 Å². The fourth-order valence-corrected chi connectivity index (χ4v) is 4.81. The SMILES string of the molecule is CCOc1ccc(-c2cc(C=Cc3ccc(-c4ccccc4)cc3)c3c(ccc4ccccc43)n2)cc1. The maximum atomic E-state index is 5.63. The van der Waals surface area contributed by atoms with E-state index in [1.54, 1.807) is 0 Å². The first-order valence-corrected chi connectivity index (χ1v) is 12.7. The van der Waals surface area contributed by atoms with Gasteiger partial charge < -0.3 is 4.74 Å². The fourth-order valence-electron chi connectivity index (χ4n) is 4.81. The molecule has 0 aliphatic carbocycles. The fraction of sp³-hybridized carbons (Fsp3) is 0.0571. The van der Waals surface area contributed by atoms with Crippen molar-refractivity contribution >= 4 is 33.8 Å². The topological polar surface area (TPSA) is 22.1 Å². The molecule has 1 heterocycles. The summed E-state index contributed by atoms with van der Waals surface area (Å²) < 4.78 is 5.63. The minimum Gasteiger partial charge on any atom is -0.494 e. The molecule has 2 heteroatoms. The van der Waals surface area contributed by atoms with Crippen LogP contribution in [0.5, 0.6) is 5.75 Å². The number of hydrogen-bond donors (Lipinski definition) is 0. The monoisotopic (exact) mass is 477 g/mol. The average molecular weight is 478 g/mol. The molecule has 0 amide bonds. The zero-order valence-corrected chi connectivity index (χ0v) is 20.8. The molecule has 1 aromatic heterocycles. The third kappa shape index (κ3) is 4.74. The molecular formula is C35H27NO. The minimum absolute atomic E-state index is 0.655. The predicted octanol–water partition coefficient (Wildman–Crippen LogP) is 9.29. The highest BCUT2D eigenvalue weighted by atomic mass is 16.5. The van der Waals surface area contributed by atoms with Crippen molar-refractivity contribution in [3.8, 4) is 28.1 Å². The quantitative estimate of drug-likeness (QED) is 0.223. The summed E-state index contributed by atoms with van der Waals surface area (Å²) in [5.74, 6) is 0.872. The molecule has 178 valence electrons. The van der Waals surface area contributed by atoms with E-state index in [1.165, 1.54) is 27.3 Å². The molecule has 5 aromatic carbocycles. The van der Waals surface area contributed by atoms with Crippen LogP contribution >= 0.6 is 0 Å². The first-order chi connectivity index (χ1) is 18.3. The molecule has 6 rings (SSSR count). The van der Waals surface area contributed by atoms with Crippen LogP contribution in [0.4, 0.5) is 0 Å². The lowest BCUT2D eigenvalue weighted by Gasteiger charge is -2.11. The molecule has 0 unspecified atom stereocenters. The number of pyridine rings is 1. The predicted molar refractivity (Wildman–Crippen MR) is 157 cm³/mol. The first-order valence-electron chi connectivity index (χ1n) is 12.7. The number of benzene rings is 5. The second-order valence-electron chi connectivity index (χ2n) is 9.06. The van der Waals surface area contributed by atoms with Gasteiger partial charge in [0.05, 0.1) is 17.8 Å². The largest absolute Gasteiger partial charge is 0.494 e. The number of nitrogens with zero attached hydrogens (tertiary/aromatic N) is 1. The normalized spacial score (nSPS) is 11.4. The molecule has 0 fully saturated rings. The number of aromatic nitrogens is 1. The Labute approximate surface area is 217 Å². The number of rotatable bonds is 6. The van der Waals surface area contributed by atoms with Crippen molar-refractivity contribution in [1.82, 2.24) is 4.98 Å². The van der Waals surface area contributed by atoms with Crippen molar-refractivity contribution < 1.29 is 4.74 Å². The molecule has 0 atom stereocenters. The second-order valence-corrected chi connectivity index (χ2v) is 9.06. The molecule has 0 spiro atoms. The van der Waals surface area contributed by atoms with Gasteiger partial charge in [0.1, 0.15) is 5.75 Å². The van der Waals surface area contributed by atoms with E-state index in [4.69, 9.17) is 9.72 Å². The van der Waals surface area contributed by atoms with E-state index >= 15 is 0 Å². The summed E-state index contributed by atoms with van der Waals surface area (Å²) in [6.45, 7) is 2.65. The van der Waals surface area contributed by atoms with Gasteiger partial charge in [0.2, 0.25) is 0 Å². The van der Waals surface area contributed by atoms with Gasteiger partial charge in [-0.25, -0.2) is 4.98 Å². The summed E-state index contributed by atoms with van der Waals surface area (Å²) in [6.07, 6.45) is 4.40. The minimum atomic E-state index is 0.655. The lowest BCUT2D eigenvalue weighted by atomic mass is 9.97. The van der Waals surface area contributed by atoms with Gasteiger partial charge in [-0.3, -0.25) is 0 Å². The molecule has 6 aromatic rings. The van der Waals surface area contributed by atoms with Gasteiger partial charge in [-0.05, 0) is 76.3 Å². The second kappa shape index (κ2) is 10.1. The molecule has 2 nitrogen and oxygen atoms in total. The molecule has 0 bridgehead atoms. The summed E-state index contributed by atoms with van der Waals surface area (Å²) in [6, 6.07) is 42.4. The lowest BCUT2D eigenvalue weighted by Crippen LogP contribution is -1.92. The van der Waals surface area contributed by atoms with Crippen LogP contribution in [0, 0.1) is 0 Å². The van der Waals surface area contributed by atoms with Gasteiger partial charge in [0, 0.05) is 10.9 Å². The molecule has 0 N–H and O–H groups in total. The van der Waals surface area contributed by atoms with E-state index in [9.17, 15) is 0 Å². The van der Waals surface area contributed by atoms with E-state index in [0.717, 1.165) is 33.7 Å². The summed E-state index contributed by atoms with van der Waals surface area (Å²) in [5.41, 5.74) is 7.76. The molecule has 0 aliphatic rings. The molecule has 0 saturated carbocycles. The first kappa shape index (κ1) is 22.8. The van der Waals surface area contributed by atoms with Gasteiger partial charge >= 0.3 is 0 Å². The smallest absolute Gasteiger partial charge is 0.119 e. The maximum Gasteiger partial charge on any atom is 0.119 e. The van der Waals surface area contributed by atoms with Crippen molar-refractivity contribution in [3.63, 3.8) is 0 Å². The number of hydrogen-bond acceptors (Lipinski definition) is 2. The van der Waals surface area contributed by atoms with Crippen molar-refractivity contribution in [2.24, 2.45) is 0 Å². The van der Waals surface area contributed by atoms with E-state index in [0.29, 0.717) is 6.61 Å². The lowest BCUT2D eigenvalue weighted by molar-refractivity contribution is 0.340. The zero-order valence-electron chi connectivity index (χ0n) is 20.8. The van der Waals surface area contributed by atoms with Crippen molar-refractivity contribution in [3.05, 3.63) is 132 Å². The van der Waals surface area contributed by atoms with E-state index in [2.05, 4.69) is 115 Å². The average Bonchev–Trinajstić information content (AvgIpc) is 2.97. The highest BCUT2D eigenvalue weighted by Gasteiger charge is 2.10. The Morgan fingerprint density at radius 3 is 2.14 bits per heavy atom. The van der Waals surface area contributed by atoms with E-state index in [-0.39, 0.29) is 0 Å². The van der Waals surface area contributed by atoms with Crippen molar-refractivity contribution in [1.29, 1.82) is 0 Å². The van der Waals surface area contributed by atoms with Crippen molar-refractivity contribution in [2.45, 2.75) is 6.92 Å². The standard InChI is InChI=1S/C35H27NO/c1-2-37-31-21-18-29(19-22-31)34-24-30(35-32-11-7-6-10-28(32)20-23-33(35)36-34)17-14-25-12-15-27(16-13-25)26-8-4-3-5-9-26/h3-24H,2H2,1H3. The van der Waals surface area contributed by atoms with Gasteiger partial charge in [-0.15, -0.1) is 0 Å². The van der Waals surface area contributed by atoms with Crippen LogP contribution in [0.2, 0.25) is 0 Å². The number of fused-ring (bicyclic) bond motifs is 3. The maximum absolute atomic E-state index is 5.63. The molecule has 0 radical (unpaired) electrons. The van der Waals surface area contributed by atoms with Crippen LogP contribution < -0.4 is 4.74 Å². The van der Waals surface area contributed by atoms with Crippen molar-refractivity contribution in [2.75, 3.05) is 6.61 Å². The summed E-state index contributed by atoms with van der Waals surface area (Å²) in [5, 5.41) is 3.60. The molecular weight excluding hydrogens is 450 g/mol. The van der Waals surface area contributed by atoms with Gasteiger partial charge in [-0.2, -0.15) is 0 Å². The van der Waals surface area contributed by atoms with Crippen LogP contribution in [0.1, 0.15) is 18.1 Å². The van der Waals surface area contributed by atoms with Crippen LogP contribution in [-0.4, -0.2) is 11.6 Å². The van der Waals surface area contributed by atoms with Crippen LogP contribution in [0.3, 0.4) is 0 Å². The third-order valence-corrected chi connectivity index (χ3v) is 6.66. The van der Waals surface area contributed by atoms with Crippen LogP contribution in [0.15, 0.2) is 121 Å². The Morgan fingerprint density at radius 1 is 0.649 bits per heavy atom. The molecule has 0 saturated heterocycles. The summed E-state index contributed by atoms with van der Waals surface area (Å²) in [4.78, 5) is 5.06. The highest BCUT2D eigenvalue weighted by Crippen LogP contribution is 2.32. The van der Waals surface area contributed by atoms with E-state index < -0.39 is 0 Å². The Balaban J connectivity index is 1.44. The van der Waals surface area contributed by atoms with Crippen LogP contribution in [-0.2, 0) is 0 Å². The Hall–Kier alpha value is -4.69. The Kier molecular flexibility index (Phi) is 6.22. The molecule has 0 aliphatic heterocycles. The Morgan fingerprint density at radius 2 is 1.35 bits per heavy atom. The van der Waals surface area contributed by atoms with Gasteiger partial charge in [0.25, 0.3) is 0 Å². The molecule has 37 heavy (non-hydrogen) atoms. The van der Waals surface area contributed by atoms with Gasteiger partial charge in [0.15, 0.2) is 0 Å². The highest BCUT2D eigenvalue weighted by molar-refractivity contribution is 6.11. The zero-order chi connectivity index (χ0) is 25.0. The Bertz CT molecular complexity index is 1700. The summed E-state index contributed by atoms with van der Waals surface area (Å²) in [7, 11) is 0. The third-order valence-electron chi connectivity index (χ3n) is 6.66. The number of ether oxygens (including phenoxy) is 1. The summed E-state index contributed by atoms with van der Waals surface area (Å²) >= 11 is 0. The van der Waals surface area contributed by atoms with E-state index in [1.807, 2.05) is 25.1 Å².